The molecule has 1 heterocycles. The van der Waals surface area contributed by atoms with Crippen molar-refractivity contribution in [3.63, 3.8) is 0 Å². The van der Waals surface area contributed by atoms with Gasteiger partial charge in [-0.1, -0.05) is 12.1 Å². The van der Waals surface area contributed by atoms with Gasteiger partial charge in [0.2, 0.25) is 0 Å². The quantitative estimate of drug-likeness (QED) is 0.768. The number of anilines is 1. The van der Waals surface area contributed by atoms with E-state index < -0.39 is 0 Å². The highest BCUT2D eigenvalue weighted by molar-refractivity contribution is 5.70. The number of para-hydroxylation sites is 2. The number of ether oxygens (including phenoxy) is 2. The number of rotatable bonds is 5. The maximum Gasteiger partial charge on any atom is 0.361 e. The van der Waals surface area contributed by atoms with E-state index in [2.05, 4.69) is 11.0 Å². The first kappa shape index (κ1) is 14.7. The highest BCUT2D eigenvalue weighted by Crippen LogP contribution is 2.27. The number of esters is 1. The molecule has 5 heteroatoms. The van der Waals surface area contributed by atoms with Gasteiger partial charge in [-0.3, -0.25) is 0 Å². The summed E-state index contributed by atoms with van der Waals surface area (Å²) in [6, 6.07) is 8.13. The molecule has 1 aromatic rings. The first-order valence-electron chi connectivity index (χ1n) is 7.11. The van der Waals surface area contributed by atoms with E-state index in [0.717, 1.165) is 37.6 Å². The summed E-state index contributed by atoms with van der Waals surface area (Å²) in [5, 5.41) is 0. The van der Waals surface area contributed by atoms with Crippen LogP contribution in [0.5, 0.6) is 5.75 Å². The predicted molar refractivity (Wildman–Crippen MR) is 77.4 cm³/mol. The highest BCUT2D eigenvalue weighted by Gasteiger charge is 2.23. The number of hydrogen-bond donors (Lipinski definition) is 1. The average molecular weight is 279 g/mol. The summed E-state index contributed by atoms with van der Waals surface area (Å²) >= 11 is 0. The van der Waals surface area contributed by atoms with Crippen LogP contribution in [0.1, 0.15) is 6.92 Å². The van der Waals surface area contributed by atoms with Gasteiger partial charge in [-0.15, -0.1) is 0 Å². The molecule has 1 aromatic carbocycles. The van der Waals surface area contributed by atoms with Gasteiger partial charge in [-0.05, 0) is 19.1 Å². The number of quaternary nitrogens is 1. The summed E-state index contributed by atoms with van der Waals surface area (Å²) < 4.78 is 10.4. The monoisotopic (exact) mass is 279 g/mol. The largest absolute Gasteiger partial charge is 0.492 e. The van der Waals surface area contributed by atoms with Crippen molar-refractivity contribution in [2.45, 2.75) is 6.92 Å². The Kier molecular flexibility index (Phi) is 5.24. The molecule has 1 fully saturated rings. The van der Waals surface area contributed by atoms with Crippen molar-refractivity contribution in [3.8, 4) is 5.75 Å². The van der Waals surface area contributed by atoms with Crippen LogP contribution in [-0.2, 0) is 9.53 Å². The van der Waals surface area contributed by atoms with Crippen LogP contribution in [0.25, 0.3) is 0 Å². The van der Waals surface area contributed by atoms with E-state index in [0.29, 0.717) is 13.2 Å². The minimum absolute atomic E-state index is 0.136. The third kappa shape index (κ3) is 3.63. The predicted octanol–water partition coefficient (Wildman–Crippen LogP) is -0.0368. The van der Waals surface area contributed by atoms with Gasteiger partial charge in [0.15, 0.2) is 6.54 Å². The summed E-state index contributed by atoms with van der Waals surface area (Å²) in [4.78, 5) is 14.9. The first-order chi connectivity index (χ1) is 9.74. The standard InChI is InChI=1S/C15H22N2O3/c1-3-20-14-7-5-4-6-13(14)17-10-8-16(9-11-17)12-15(18)19-2/h4-7H,3,8-12H2,1-2H3/p+1. The third-order valence-corrected chi connectivity index (χ3v) is 3.60. The number of nitrogens with one attached hydrogen (secondary N) is 1. The molecule has 1 N–H and O–H groups in total. The minimum Gasteiger partial charge on any atom is -0.492 e. The summed E-state index contributed by atoms with van der Waals surface area (Å²) in [5.74, 6) is 0.801. The molecule has 2 rings (SSSR count). The van der Waals surface area contributed by atoms with Crippen molar-refractivity contribution < 1.29 is 19.2 Å². The number of carbonyl (C=O) groups is 1. The number of benzene rings is 1. The Hall–Kier alpha value is -1.75. The number of methoxy groups -OCH3 is 1. The van der Waals surface area contributed by atoms with Crippen LogP contribution in [0, 0.1) is 0 Å². The van der Waals surface area contributed by atoms with Gasteiger partial charge in [-0.2, -0.15) is 0 Å². The molecule has 0 amide bonds. The molecule has 0 bridgehead atoms. The second-order valence-corrected chi connectivity index (χ2v) is 4.89. The second kappa shape index (κ2) is 7.14. The van der Waals surface area contributed by atoms with Gasteiger partial charge in [0, 0.05) is 0 Å². The number of piperazine rings is 1. The maximum atomic E-state index is 11.3. The lowest BCUT2D eigenvalue weighted by Crippen LogP contribution is -3.15. The van der Waals surface area contributed by atoms with E-state index in [9.17, 15) is 4.79 Å². The molecule has 0 radical (unpaired) electrons. The van der Waals surface area contributed by atoms with Crippen LogP contribution >= 0.6 is 0 Å². The molecule has 110 valence electrons. The summed E-state index contributed by atoms with van der Waals surface area (Å²) in [6.07, 6.45) is 0. The normalized spacial score (nSPS) is 16.0. The fourth-order valence-electron chi connectivity index (χ4n) is 2.51. The van der Waals surface area contributed by atoms with Gasteiger partial charge < -0.3 is 19.3 Å². The van der Waals surface area contributed by atoms with Gasteiger partial charge in [0.25, 0.3) is 0 Å². The fourth-order valence-corrected chi connectivity index (χ4v) is 2.51. The Balaban J connectivity index is 1.95. The molecule has 0 aromatic heterocycles. The van der Waals surface area contributed by atoms with Gasteiger partial charge in [-0.25, -0.2) is 4.79 Å². The molecule has 1 aliphatic heterocycles. The molecular formula is C15H23N2O3+. The summed E-state index contributed by atoms with van der Waals surface area (Å²) in [5.41, 5.74) is 1.14. The SMILES string of the molecule is CCOc1ccccc1N1CC[NH+](CC(=O)OC)CC1. The molecule has 0 aliphatic carbocycles. The molecule has 0 unspecified atom stereocenters. The number of carbonyl (C=O) groups excluding carboxylic acids is 1. The van der Waals surface area contributed by atoms with E-state index in [1.54, 1.807) is 0 Å². The van der Waals surface area contributed by atoms with Crippen LogP contribution in [0.15, 0.2) is 24.3 Å². The minimum atomic E-state index is -0.136. The average Bonchev–Trinajstić information content (AvgIpc) is 2.49. The van der Waals surface area contributed by atoms with Crippen molar-refractivity contribution in [3.05, 3.63) is 24.3 Å². The van der Waals surface area contributed by atoms with Crippen LogP contribution in [0.2, 0.25) is 0 Å². The lowest BCUT2D eigenvalue weighted by Gasteiger charge is -2.33. The Bertz CT molecular complexity index is 442. The van der Waals surface area contributed by atoms with Gasteiger partial charge in [0.05, 0.1) is 45.6 Å². The zero-order chi connectivity index (χ0) is 14.4. The number of nitrogens with zero attached hydrogens (tertiary/aromatic N) is 1. The molecule has 20 heavy (non-hydrogen) atoms. The van der Waals surface area contributed by atoms with Crippen LogP contribution in [0.4, 0.5) is 5.69 Å². The maximum absolute atomic E-state index is 11.3. The highest BCUT2D eigenvalue weighted by atomic mass is 16.5. The fraction of sp³-hybridized carbons (Fsp3) is 0.533. The third-order valence-electron chi connectivity index (χ3n) is 3.60. The number of hydrogen-bond acceptors (Lipinski definition) is 4. The van der Waals surface area contributed by atoms with Crippen LogP contribution in [0.3, 0.4) is 0 Å². The van der Waals surface area contributed by atoms with Crippen molar-refractivity contribution >= 4 is 11.7 Å². The molecule has 0 saturated carbocycles. The lowest BCUT2D eigenvalue weighted by molar-refractivity contribution is -0.893. The van der Waals surface area contributed by atoms with Crippen molar-refractivity contribution in [1.29, 1.82) is 0 Å². The zero-order valence-corrected chi connectivity index (χ0v) is 12.2. The molecule has 1 saturated heterocycles. The van der Waals surface area contributed by atoms with E-state index in [4.69, 9.17) is 9.47 Å². The molecular weight excluding hydrogens is 256 g/mol. The Morgan fingerprint density at radius 1 is 1.30 bits per heavy atom. The van der Waals surface area contributed by atoms with Crippen molar-refractivity contribution in [2.24, 2.45) is 0 Å². The molecule has 0 atom stereocenters. The van der Waals surface area contributed by atoms with E-state index in [1.165, 1.54) is 12.0 Å². The van der Waals surface area contributed by atoms with Crippen LogP contribution in [-0.4, -0.2) is 52.4 Å². The van der Waals surface area contributed by atoms with Crippen LogP contribution < -0.4 is 14.5 Å². The Morgan fingerprint density at radius 2 is 2.00 bits per heavy atom. The van der Waals surface area contributed by atoms with E-state index in [1.807, 2.05) is 25.1 Å². The zero-order valence-electron chi connectivity index (χ0n) is 12.2. The van der Waals surface area contributed by atoms with E-state index in [-0.39, 0.29) is 5.97 Å². The smallest absolute Gasteiger partial charge is 0.361 e. The van der Waals surface area contributed by atoms with E-state index >= 15 is 0 Å². The summed E-state index contributed by atoms with van der Waals surface area (Å²) in [6.45, 7) is 6.86. The first-order valence-corrected chi connectivity index (χ1v) is 7.11. The summed E-state index contributed by atoms with van der Waals surface area (Å²) in [7, 11) is 1.44. The van der Waals surface area contributed by atoms with Crippen molar-refractivity contribution in [2.75, 3.05) is 51.3 Å². The van der Waals surface area contributed by atoms with Crippen molar-refractivity contribution in [1.82, 2.24) is 0 Å². The topological polar surface area (TPSA) is 43.2 Å². The molecule has 1 aliphatic rings. The second-order valence-electron chi connectivity index (χ2n) is 4.89. The van der Waals surface area contributed by atoms with Gasteiger partial charge in [0.1, 0.15) is 5.75 Å². The Morgan fingerprint density at radius 3 is 2.65 bits per heavy atom. The molecule has 0 spiro atoms. The molecule has 5 nitrogen and oxygen atoms in total. The Labute approximate surface area is 120 Å². The van der Waals surface area contributed by atoms with Gasteiger partial charge >= 0.3 is 5.97 Å². The lowest BCUT2D eigenvalue weighted by atomic mass is 10.2.